The highest BCUT2D eigenvalue weighted by molar-refractivity contribution is 8.16. The molecule has 3 aliphatic rings. The number of benzene rings is 2. The number of carbonyl (C=O) groups is 2. The van der Waals surface area contributed by atoms with Crippen LogP contribution in [0.3, 0.4) is 0 Å². The number of carbonyl (C=O) groups excluding carboxylic acids is 2. The minimum absolute atomic E-state index is 0.206. The van der Waals surface area contributed by atoms with E-state index in [9.17, 15) is 14.9 Å². The molecular formula is C25H20N6O2S. The molecule has 0 aliphatic carbocycles. The van der Waals surface area contributed by atoms with Crippen molar-refractivity contribution in [2.24, 2.45) is 16.0 Å². The predicted octanol–water partition coefficient (Wildman–Crippen LogP) is 3.90. The van der Waals surface area contributed by atoms with Crippen molar-refractivity contribution in [2.45, 2.75) is 19.9 Å². The highest BCUT2D eigenvalue weighted by atomic mass is 32.2. The van der Waals surface area contributed by atoms with Crippen LogP contribution in [-0.2, 0) is 9.59 Å². The van der Waals surface area contributed by atoms with Crippen LogP contribution in [0.25, 0.3) is 0 Å². The minimum Gasteiger partial charge on any atom is -0.311 e. The van der Waals surface area contributed by atoms with Gasteiger partial charge in [0.1, 0.15) is 23.8 Å². The van der Waals surface area contributed by atoms with Gasteiger partial charge >= 0.3 is 0 Å². The molecule has 1 N–H and O–H groups in total. The summed E-state index contributed by atoms with van der Waals surface area (Å²) in [6.07, 6.45) is 0. The van der Waals surface area contributed by atoms with E-state index in [1.165, 1.54) is 23.7 Å². The van der Waals surface area contributed by atoms with Gasteiger partial charge in [0.05, 0.1) is 22.7 Å². The molecule has 2 aromatic rings. The van der Waals surface area contributed by atoms with Crippen LogP contribution in [-0.4, -0.2) is 27.6 Å². The number of hydrogen-bond donors (Lipinski definition) is 1. The van der Waals surface area contributed by atoms with Crippen LogP contribution in [0.1, 0.15) is 25.5 Å². The van der Waals surface area contributed by atoms with Crippen molar-refractivity contribution in [3.8, 4) is 6.07 Å². The van der Waals surface area contributed by atoms with Gasteiger partial charge in [0.2, 0.25) is 5.91 Å². The van der Waals surface area contributed by atoms with E-state index in [2.05, 4.69) is 16.5 Å². The van der Waals surface area contributed by atoms with Crippen molar-refractivity contribution >= 4 is 40.1 Å². The first-order valence-electron chi connectivity index (χ1n) is 10.6. The van der Waals surface area contributed by atoms with Crippen molar-refractivity contribution in [3.05, 3.63) is 88.7 Å². The van der Waals surface area contributed by atoms with Crippen molar-refractivity contribution < 1.29 is 9.59 Å². The lowest BCUT2D eigenvalue weighted by Crippen LogP contribution is -2.42. The molecule has 0 radical (unpaired) electrons. The number of nitrogens with one attached hydrogen (secondary N) is 1. The van der Waals surface area contributed by atoms with Gasteiger partial charge in [0.25, 0.3) is 5.91 Å². The zero-order valence-corrected chi connectivity index (χ0v) is 19.3. The van der Waals surface area contributed by atoms with Gasteiger partial charge in [0, 0.05) is 12.3 Å². The van der Waals surface area contributed by atoms with Crippen LogP contribution >= 0.6 is 11.8 Å². The average Bonchev–Trinajstić information content (AvgIpc) is 3.39. The third-order valence-corrected chi connectivity index (χ3v) is 6.54. The van der Waals surface area contributed by atoms with Crippen LogP contribution in [0.15, 0.2) is 93.3 Å². The van der Waals surface area contributed by atoms with Crippen LogP contribution < -0.4 is 10.3 Å². The van der Waals surface area contributed by atoms with Gasteiger partial charge in [-0.2, -0.15) is 15.4 Å². The number of amidine groups is 1. The summed E-state index contributed by atoms with van der Waals surface area (Å²) in [6, 6.07) is 20.4. The number of amides is 2. The Kier molecular flexibility index (Phi) is 5.51. The maximum absolute atomic E-state index is 13.5. The van der Waals surface area contributed by atoms with E-state index in [1.54, 1.807) is 11.8 Å². The van der Waals surface area contributed by atoms with E-state index in [0.717, 1.165) is 5.56 Å². The second-order valence-corrected chi connectivity index (χ2v) is 8.77. The topological polar surface area (TPSA) is 101 Å². The molecule has 5 rings (SSSR count). The quantitative estimate of drug-likeness (QED) is 0.733. The average molecular weight is 469 g/mol. The molecular weight excluding hydrogens is 448 g/mol. The Balaban J connectivity index is 1.56. The monoisotopic (exact) mass is 468 g/mol. The summed E-state index contributed by atoms with van der Waals surface area (Å²) in [5, 5.41) is 21.3. The number of thioether (sulfide) groups is 1. The summed E-state index contributed by atoms with van der Waals surface area (Å²) >= 11 is 1.36. The number of nitrogens with zero attached hydrogens (tertiary/aromatic N) is 5. The van der Waals surface area contributed by atoms with Crippen LogP contribution in [0, 0.1) is 17.2 Å². The Bertz CT molecular complexity index is 1340. The van der Waals surface area contributed by atoms with E-state index < -0.39 is 12.0 Å². The summed E-state index contributed by atoms with van der Waals surface area (Å²) in [4.78, 5) is 32.2. The number of nitriles is 1. The Labute approximate surface area is 201 Å². The molecule has 168 valence electrons. The summed E-state index contributed by atoms with van der Waals surface area (Å²) < 4.78 is 0. The lowest BCUT2D eigenvalue weighted by molar-refractivity contribution is -0.119. The normalized spacial score (nSPS) is 21.6. The SMILES string of the molecule is CC(=O)NC1=C(C#N)C(c2ccccc2)N=C2SC=C(C3C(=O)N(c4ccccc4)N=C3C)N21. The van der Waals surface area contributed by atoms with Gasteiger partial charge in [-0.25, -0.2) is 4.99 Å². The predicted molar refractivity (Wildman–Crippen MR) is 131 cm³/mol. The van der Waals surface area contributed by atoms with Crippen molar-refractivity contribution in [1.29, 1.82) is 5.26 Å². The standard InChI is InChI=1S/C25H20N6O2S/c1-15-21(24(33)31(29-15)18-11-7-4-8-12-18)20-14-34-25-28-22(17-9-5-3-6-10-17)19(13-26)23(30(20)25)27-16(2)32/h3-12,14,21-22H,1-2H3,(H,27,32). The molecule has 0 saturated carbocycles. The molecule has 0 saturated heterocycles. The molecule has 0 fully saturated rings. The third kappa shape index (κ3) is 3.58. The van der Waals surface area contributed by atoms with Crippen LogP contribution in [0.4, 0.5) is 5.69 Å². The number of para-hydroxylation sites is 1. The first kappa shape index (κ1) is 21.7. The third-order valence-electron chi connectivity index (χ3n) is 5.68. The largest absolute Gasteiger partial charge is 0.311 e. The maximum Gasteiger partial charge on any atom is 0.262 e. The highest BCUT2D eigenvalue weighted by Gasteiger charge is 2.45. The van der Waals surface area contributed by atoms with Crippen LogP contribution in [0.5, 0.6) is 0 Å². The zero-order chi connectivity index (χ0) is 23.8. The Morgan fingerprint density at radius 3 is 2.44 bits per heavy atom. The van der Waals surface area contributed by atoms with Gasteiger partial charge < -0.3 is 5.32 Å². The first-order valence-corrected chi connectivity index (χ1v) is 11.5. The number of hydrogen-bond acceptors (Lipinski definition) is 7. The molecule has 2 aromatic carbocycles. The molecule has 9 heteroatoms. The molecule has 3 heterocycles. The second-order valence-electron chi connectivity index (χ2n) is 7.94. The van der Waals surface area contributed by atoms with Crippen molar-refractivity contribution in [3.63, 3.8) is 0 Å². The van der Waals surface area contributed by atoms with Gasteiger partial charge in [-0.3, -0.25) is 14.5 Å². The van der Waals surface area contributed by atoms with Crippen molar-refractivity contribution in [1.82, 2.24) is 10.2 Å². The van der Waals surface area contributed by atoms with Crippen LogP contribution in [0.2, 0.25) is 0 Å². The van der Waals surface area contributed by atoms with E-state index in [0.29, 0.717) is 33.7 Å². The molecule has 2 unspecified atom stereocenters. The fraction of sp³-hybridized carbons (Fsp3) is 0.160. The van der Waals surface area contributed by atoms with Gasteiger partial charge in [-0.1, -0.05) is 60.3 Å². The Morgan fingerprint density at radius 1 is 1.12 bits per heavy atom. The first-order chi connectivity index (χ1) is 16.5. The van der Waals surface area contributed by atoms with Gasteiger partial charge in [0.15, 0.2) is 5.17 Å². The van der Waals surface area contributed by atoms with Gasteiger partial charge in [-0.15, -0.1) is 0 Å². The maximum atomic E-state index is 13.5. The minimum atomic E-state index is -0.669. The molecule has 2 amide bonds. The molecule has 0 bridgehead atoms. The number of hydrazone groups is 1. The fourth-order valence-corrected chi connectivity index (χ4v) is 5.14. The molecule has 34 heavy (non-hydrogen) atoms. The summed E-state index contributed by atoms with van der Waals surface area (Å²) in [6.45, 7) is 3.19. The van der Waals surface area contributed by atoms with E-state index in [1.807, 2.05) is 66.1 Å². The fourth-order valence-electron chi connectivity index (χ4n) is 4.20. The summed E-state index contributed by atoms with van der Waals surface area (Å²) in [5.74, 6) is -0.870. The number of rotatable bonds is 4. The Hall–Kier alpha value is -4.16. The lowest BCUT2D eigenvalue weighted by Gasteiger charge is -2.33. The zero-order valence-electron chi connectivity index (χ0n) is 18.5. The molecule has 2 atom stereocenters. The number of aliphatic imine (C=N–C) groups is 1. The molecule has 0 spiro atoms. The summed E-state index contributed by atoms with van der Waals surface area (Å²) in [7, 11) is 0. The van der Waals surface area contributed by atoms with E-state index in [4.69, 9.17) is 4.99 Å². The van der Waals surface area contributed by atoms with E-state index in [-0.39, 0.29) is 11.8 Å². The smallest absolute Gasteiger partial charge is 0.262 e. The van der Waals surface area contributed by atoms with Crippen molar-refractivity contribution in [2.75, 3.05) is 5.01 Å². The molecule has 3 aliphatic heterocycles. The molecule has 0 aromatic heterocycles. The van der Waals surface area contributed by atoms with Gasteiger partial charge in [-0.05, 0) is 24.6 Å². The second kappa shape index (κ2) is 8.65. The number of anilines is 1. The number of fused-ring (bicyclic) bond motifs is 1. The Morgan fingerprint density at radius 2 is 1.79 bits per heavy atom. The molecule has 8 nitrogen and oxygen atoms in total. The van der Waals surface area contributed by atoms with E-state index >= 15 is 0 Å². The summed E-state index contributed by atoms with van der Waals surface area (Å²) in [5.41, 5.74) is 3.04. The highest BCUT2D eigenvalue weighted by Crippen LogP contribution is 2.44. The lowest BCUT2D eigenvalue weighted by atomic mass is 9.96.